The van der Waals surface area contributed by atoms with Gasteiger partial charge in [-0.3, -0.25) is 14.9 Å². The van der Waals surface area contributed by atoms with Crippen molar-refractivity contribution >= 4 is 11.5 Å². The van der Waals surface area contributed by atoms with E-state index in [2.05, 4.69) is 16.4 Å². The predicted octanol–water partition coefficient (Wildman–Crippen LogP) is 4.21. The summed E-state index contributed by atoms with van der Waals surface area (Å²) in [5.74, 6) is 0.159. The minimum absolute atomic E-state index is 0.0115. The van der Waals surface area contributed by atoms with Gasteiger partial charge in [0.2, 0.25) is 5.88 Å². The number of aromatic nitrogens is 3. The highest BCUT2D eigenvalue weighted by Gasteiger charge is 2.43. The molecule has 1 atom stereocenters. The molecule has 0 saturated carbocycles. The number of ether oxygens (including phenoxy) is 2. The Morgan fingerprint density at radius 3 is 2.68 bits per heavy atom. The van der Waals surface area contributed by atoms with E-state index in [4.69, 9.17) is 15.2 Å². The fourth-order valence-electron chi connectivity index (χ4n) is 4.82. The van der Waals surface area contributed by atoms with Crippen molar-refractivity contribution < 1.29 is 19.2 Å². The molecule has 192 valence electrons. The first-order valence-electron chi connectivity index (χ1n) is 11.9. The molecule has 2 heterocycles. The maximum atomic E-state index is 13.3. The summed E-state index contributed by atoms with van der Waals surface area (Å²) in [5, 5.41) is 29.0. The minimum atomic E-state index is -0.709. The number of hydrogen-bond donors (Lipinski definition) is 1. The number of allylic oxidation sites excluding steroid dienone is 3. The first-order valence-corrected chi connectivity index (χ1v) is 11.9. The third-order valence-electron chi connectivity index (χ3n) is 6.55. The number of non-ortho nitro benzene ring substituents is 1. The van der Waals surface area contributed by atoms with E-state index in [0.29, 0.717) is 46.9 Å². The Hall–Kier alpha value is -4.98. The van der Waals surface area contributed by atoms with Gasteiger partial charge in [-0.25, -0.2) is 4.68 Å². The number of nitriles is 1. The van der Waals surface area contributed by atoms with E-state index in [-0.39, 0.29) is 34.9 Å². The number of nitrogens with two attached hydrogens (primary N) is 1. The summed E-state index contributed by atoms with van der Waals surface area (Å²) in [7, 11) is 0. The second-order valence-electron chi connectivity index (χ2n) is 9.96. The SMILES string of the molecule is CC1(C)CC(=O)C2=C(C1)OC(N)=C(C#N)C2c1ccccc1OCc1cn(-c2ccc([N+](=O)[O-])cc2)nn1. The first-order chi connectivity index (χ1) is 18.2. The van der Waals surface area contributed by atoms with Gasteiger partial charge in [0, 0.05) is 36.1 Å². The van der Waals surface area contributed by atoms with Crippen molar-refractivity contribution in [2.24, 2.45) is 11.1 Å². The molecular formula is C27H24N6O5. The number of nitro groups is 1. The van der Waals surface area contributed by atoms with Gasteiger partial charge in [-0.15, -0.1) is 5.10 Å². The van der Waals surface area contributed by atoms with Crippen LogP contribution in [0.2, 0.25) is 0 Å². The second kappa shape index (κ2) is 9.48. The lowest BCUT2D eigenvalue weighted by atomic mass is 9.70. The van der Waals surface area contributed by atoms with Crippen LogP contribution in [0.5, 0.6) is 5.75 Å². The molecule has 38 heavy (non-hydrogen) atoms. The first kappa shape index (κ1) is 24.7. The van der Waals surface area contributed by atoms with Crippen LogP contribution in [0, 0.1) is 26.9 Å². The number of para-hydroxylation sites is 1. The fraction of sp³-hybridized carbons (Fsp3) is 0.259. The molecule has 1 unspecified atom stereocenters. The molecule has 1 aliphatic heterocycles. The molecule has 2 aromatic carbocycles. The number of nitro benzene ring substituents is 1. The predicted molar refractivity (Wildman–Crippen MR) is 134 cm³/mol. The average Bonchev–Trinajstić information content (AvgIpc) is 3.35. The summed E-state index contributed by atoms with van der Waals surface area (Å²) in [6.07, 6.45) is 2.52. The number of nitrogens with zero attached hydrogens (tertiary/aromatic N) is 5. The largest absolute Gasteiger partial charge is 0.487 e. The Balaban J connectivity index is 1.43. The number of hydrogen-bond acceptors (Lipinski definition) is 9. The molecule has 1 aliphatic carbocycles. The smallest absolute Gasteiger partial charge is 0.269 e. The lowest BCUT2D eigenvalue weighted by Gasteiger charge is -2.37. The fourth-order valence-corrected chi connectivity index (χ4v) is 4.82. The number of benzene rings is 2. The standard InChI is InChI=1S/C27H24N6O5/c1-27(2)11-21(34)25-23(12-27)38-26(29)20(13-28)24(25)19-5-3-4-6-22(19)37-15-16-14-32(31-30-16)17-7-9-18(10-8-17)33(35)36/h3-10,14,24H,11-12,15,29H2,1-2H3. The van der Waals surface area contributed by atoms with Gasteiger partial charge in [0.25, 0.3) is 5.69 Å². The molecule has 3 aromatic rings. The normalized spacial score (nSPS) is 18.4. The van der Waals surface area contributed by atoms with Crippen LogP contribution in [0.15, 0.2) is 77.5 Å². The van der Waals surface area contributed by atoms with E-state index in [1.807, 2.05) is 19.9 Å². The Kier molecular flexibility index (Phi) is 6.16. The van der Waals surface area contributed by atoms with E-state index in [0.717, 1.165) is 0 Å². The maximum absolute atomic E-state index is 13.3. The zero-order valence-electron chi connectivity index (χ0n) is 20.7. The van der Waals surface area contributed by atoms with Crippen LogP contribution >= 0.6 is 0 Å². The van der Waals surface area contributed by atoms with Gasteiger partial charge in [0.05, 0.1) is 22.7 Å². The van der Waals surface area contributed by atoms with Crippen molar-refractivity contribution in [2.75, 3.05) is 0 Å². The molecule has 0 spiro atoms. The van der Waals surface area contributed by atoms with E-state index >= 15 is 0 Å². The van der Waals surface area contributed by atoms with Crippen molar-refractivity contribution in [3.05, 3.63) is 98.9 Å². The van der Waals surface area contributed by atoms with Crippen LogP contribution in [0.25, 0.3) is 5.69 Å². The second-order valence-corrected chi connectivity index (χ2v) is 9.96. The molecule has 0 radical (unpaired) electrons. The molecule has 1 aromatic heterocycles. The summed E-state index contributed by atoms with van der Waals surface area (Å²) in [6, 6.07) is 15.2. The third-order valence-corrected chi connectivity index (χ3v) is 6.55. The molecule has 2 N–H and O–H groups in total. The Morgan fingerprint density at radius 2 is 1.97 bits per heavy atom. The highest BCUT2D eigenvalue weighted by molar-refractivity contribution is 6.00. The van der Waals surface area contributed by atoms with Crippen molar-refractivity contribution in [3.63, 3.8) is 0 Å². The molecule has 2 aliphatic rings. The quantitative estimate of drug-likeness (QED) is 0.377. The van der Waals surface area contributed by atoms with E-state index < -0.39 is 10.8 Å². The van der Waals surface area contributed by atoms with Gasteiger partial charge in [-0.2, -0.15) is 5.26 Å². The zero-order chi connectivity index (χ0) is 27.0. The molecular weight excluding hydrogens is 488 g/mol. The number of carbonyl (C=O) groups excluding carboxylic acids is 1. The number of rotatable bonds is 6. The van der Waals surface area contributed by atoms with Crippen LogP contribution in [0.1, 0.15) is 43.9 Å². The molecule has 0 fully saturated rings. The van der Waals surface area contributed by atoms with Crippen LogP contribution in [0.3, 0.4) is 0 Å². The Morgan fingerprint density at radius 1 is 1.24 bits per heavy atom. The number of carbonyl (C=O) groups is 1. The topological polar surface area (TPSA) is 159 Å². The summed E-state index contributed by atoms with van der Waals surface area (Å²) in [5.41, 5.74) is 8.19. The zero-order valence-corrected chi connectivity index (χ0v) is 20.7. The highest BCUT2D eigenvalue weighted by atomic mass is 16.6. The Labute approximate surface area is 217 Å². The average molecular weight is 513 g/mol. The van der Waals surface area contributed by atoms with Gasteiger partial charge in [-0.1, -0.05) is 37.3 Å². The number of ketones is 1. The summed E-state index contributed by atoms with van der Waals surface area (Å²) >= 11 is 0. The van der Waals surface area contributed by atoms with Crippen LogP contribution in [-0.4, -0.2) is 25.7 Å². The van der Waals surface area contributed by atoms with Crippen LogP contribution < -0.4 is 10.5 Å². The van der Waals surface area contributed by atoms with Crippen molar-refractivity contribution in [2.45, 2.75) is 39.2 Å². The van der Waals surface area contributed by atoms with Gasteiger partial charge >= 0.3 is 0 Å². The lowest BCUT2D eigenvalue weighted by Crippen LogP contribution is -2.33. The molecule has 11 nitrogen and oxygen atoms in total. The molecule has 0 amide bonds. The van der Waals surface area contributed by atoms with Crippen LogP contribution in [-0.2, 0) is 16.1 Å². The van der Waals surface area contributed by atoms with E-state index in [1.54, 1.807) is 36.5 Å². The molecule has 11 heteroatoms. The van der Waals surface area contributed by atoms with Crippen molar-refractivity contribution in [3.8, 4) is 17.5 Å². The maximum Gasteiger partial charge on any atom is 0.269 e. The lowest BCUT2D eigenvalue weighted by molar-refractivity contribution is -0.384. The van der Waals surface area contributed by atoms with E-state index in [9.17, 15) is 20.2 Å². The van der Waals surface area contributed by atoms with Gasteiger partial charge in [0.1, 0.15) is 35.5 Å². The summed E-state index contributed by atoms with van der Waals surface area (Å²) in [4.78, 5) is 23.7. The summed E-state index contributed by atoms with van der Waals surface area (Å²) < 4.78 is 13.4. The van der Waals surface area contributed by atoms with Crippen LogP contribution in [0.4, 0.5) is 5.69 Å². The van der Waals surface area contributed by atoms with Gasteiger partial charge in [-0.05, 0) is 23.6 Å². The molecule has 5 rings (SSSR count). The van der Waals surface area contributed by atoms with Gasteiger partial charge in [0.15, 0.2) is 5.78 Å². The highest BCUT2D eigenvalue weighted by Crippen LogP contribution is 2.49. The minimum Gasteiger partial charge on any atom is -0.487 e. The summed E-state index contributed by atoms with van der Waals surface area (Å²) in [6.45, 7) is 4.04. The molecule has 0 saturated heterocycles. The van der Waals surface area contributed by atoms with Crippen molar-refractivity contribution in [1.29, 1.82) is 5.26 Å². The van der Waals surface area contributed by atoms with Crippen molar-refractivity contribution in [1.82, 2.24) is 15.0 Å². The van der Waals surface area contributed by atoms with Gasteiger partial charge < -0.3 is 15.2 Å². The number of Topliss-reactive ketones (excluding diaryl/α,β-unsaturated/α-hetero) is 1. The monoisotopic (exact) mass is 512 g/mol. The van der Waals surface area contributed by atoms with E-state index in [1.165, 1.54) is 16.8 Å². The Bertz CT molecular complexity index is 1540. The third kappa shape index (κ3) is 4.59. The molecule has 0 bridgehead atoms.